The van der Waals surface area contributed by atoms with Crippen LogP contribution in [0.25, 0.3) is 0 Å². The average molecular weight is 375 g/mol. The molecule has 0 rings (SSSR count). The van der Waals surface area contributed by atoms with Crippen LogP contribution in [0.1, 0.15) is 0 Å². The smallest absolute Gasteiger partial charge is 0.112 e. The molecule has 0 amide bonds. The molecule has 0 aromatic rings. The second-order valence-electron chi connectivity index (χ2n) is 10.4. The zero-order valence-electron chi connectivity index (χ0n) is 17.5. The SMILES string of the molecule is C[Si](C)(C)N(C/C=C/CN([Si](C)(C)C)[Si](C)(C)C)[Si](C)(C)C. The van der Waals surface area contributed by atoms with Crippen LogP contribution in [0, 0.1) is 0 Å². The van der Waals surface area contributed by atoms with Crippen molar-refractivity contribution < 1.29 is 0 Å². The number of hydrogen-bond donors (Lipinski definition) is 0. The number of rotatable bonds is 8. The molecule has 0 aromatic carbocycles. The minimum absolute atomic E-state index is 1.15. The van der Waals surface area contributed by atoms with E-state index in [-0.39, 0.29) is 0 Å². The molecule has 0 saturated heterocycles. The summed E-state index contributed by atoms with van der Waals surface area (Å²) in [6.07, 6.45) is 4.90. The zero-order chi connectivity index (χ0) is 18.0. The van der Waals surface area contributed by atoms with Gasteiger partial charge in [-0.05, 0) is 0 Å². The first kappa shape index (κ1) is 22.5. The second-order valence-corrected chi connectivity index (χ2v) is 30.8. The third kappa shape index (κ3) is 7.88. The Morgan fingerprint density at radius 2 is 0.636 bits per heavy atom. The van der Waals surface area contributed by atoms with E-state index in [1.807, 2.05) is 0 Å². The molecular weight excluding hydrogens is 333 g/mol. The van der Waals surface area contributed by atoms with Gasteiger partial charge in [0.25, 0.3) is 0 Å². The van der Waals surface area contributed by atoms with Crippen molar-refractivity contribution in [2.45, 2.75) is 78.6 Å². The predicted molar refractivity (Wildman–Crippen MR) is 116 cm³/mol. The first-order valence-corrected chi connectivity index (χ1v) is 22.5. The van der Waals surface area contributed by atoms with Gasteiger partial charge in [0, 0.05) is 13.1 Å². The van der Waals surface area contributed by atoms with Crippen molar-refractivity contribution in [2.75, 3.05) is 13.1 Å². The maximum Gasteiger partial charge on any atom is 0.112 e. The molecule has 0 heterocycles. The van der Waals surface area contributed by atoms with E-state index in [0.717, 1.165) is 13.1 Å². The quantitative estimate of drug-likeness (QED) is 0.409. The van der Waals surface area contributed by atoms with E-state index in [9.17, 15) is 0 Å². The van der Waals surface area contributed by atoms with Crippen LogP contribution in [0.3, 0.4) is 0 Å². The maximum absolute atomic E-state index is 2.85. The Balaban J connectivity index is 4.92. The van der Waals surface area contributed by atoms with Crippen LogP contribution in [0.15, 0.2) is 12.2 Å². The van der Waals surface area contributed by atoms with Crippen molar-refractivity contribution >= 4 is 32.9 Å². The van der Waals surface area contributed by atoms with Crippen LogP contribution in [0.5, 0.6) is 0 Å². The van der Waals surface area contributed by atoms with Crippen molar-refractivity contribution in [1.82, 2.24) is 8.46 Å². The lowest BCUT2D eigenvalue weighted by Crippen LogP contribution is -2.59. The van der Waals surface area contributed by atoms with Gasteiger partial charge < -0.3 is 8.46 Å². The topological polar surface area (TPSA) is 6.48 Å². The highest BCUT2D eigenvalue weighted by atomic mass is 28.4. The van der Waals surface area contributed by atoms with Gasteiger partial charge in [0.1, 0.15) is 32.9 Å². The van der Waals surface area contributed by atoms with E-state index in [2.05, 4.69) is 99.2 Å². The van der Waals surface area contributed by atoms with Crippen molar-refractivity contribution in [3.05, 3.63) is 12.2 Å². The van der Waals surface area contributed by atoms with Crippen LogP contribution in [0.2, 0.25) is 78.6 Å². The van der Waals surface area contributed by atoms with Crippen molar-refractivity contribution in [1.29, 1.82) is 0 Å². The molecular formula is C16H42N2Si4. The third-order valence-electron chi connectivity index (χ3n) is 3.98. The molecule has 0 spiro atoms. The molecule has 0 aliphatic rings. The molecule has 0 bridgehead atoms. The molecule has 0 fully saturated rings. The Labute approximate surface area is 145 Å². The van der Waals surface area contributed by atoms with E-state index in [4.69, 9.17) is 0 Å². The first-order chi connectivity index (χ1) is 9.47. The summed E-state index contributed by atoms with van der Waals surface area (Å²) in [4.78, 5) is 0. The summed E-state index contributed by atoms with van der Waals surface area (Å²) >= 11 is 0. The monoisotopic (exact) mass is 374 g/mol. The van der Waals surface area contributed by atoms with E-state index < -0.39 is 32.9 Å². The molecule has 0 N–H and O–H groups in total. The Morgan fingerprint density at radius 1 is 0.455 bits per heavy atom. The molecule has 6 heteroatoms. The van der Waals surface area contributed by atoms with Crippen LogP contribution in [-0.4, -0.2) is 54.5 Å². The standard InChI is InChI=1S/C16H42N2Si4/c1-19(2,3)17(20(4,5)6)15-13-14-16-18(21(7,8)9)22(10,11)12/h13-14H,15-16H2,1-12H3/b14-13+. The Hall–Kier alpha value is 0.528. The van der Waals surface area contributed by atoms with Crippen LogP contribution in [-0.2, 0) is 0 Å². The Kier molecular flexibility index (Phi) is 7.79. The van der Waals surface area contributed by atoms with Crippen molar-refractivity contribution in [3.63, 3.8) is 0 Å². The van der Waals surface area contributed by atoms with Crippen LogP contribution < -0.4 is 0 Å². The Morgan fingerprint density at radius 3 is 0.773 bits per heavy atom. The zero-order valence-corrected chi connectivity index (χ0v) is 21.5. The van der Waals surface area contributed by atoms with E-state index >= 15 is 0 Å². The summed E-state index contributed by atoms with van der Waals surface area (Å²) < 4.78 is 5.70. The molecule has 0 atom stereocenters. The molecule has 22 heavy (non-hydrogen) atoms. The van der Waals surface area contributed by atoms with Gasteiger partial charge in [0.05, 0.1) is 0 Å². The van der Waals surface area contributed by atoms with Crippen molar-refractivity contribution in [3.8, 4) is 0 Å². The van der Waals surface area contributed by atoms with Gasteiger partial charge in [0.2, 0.25) is 0 Å². The molecule has 0 aliphatic carbocycles. The molecule has 0 aromatic heterocycles. The summed E-state index contributed by atoms with van der Waals surface area (Å²) in [5, 5.41) is 0. The molecule has 132 valence electrons. The van der Waals surface area contributed by atoms with Gasteiger partial charge in [0.15, 0.2) is 0 Å². The molecule has 0 aliphatic heterocycles. The fourth-order valence-corrected chi connectivity index (χ4v) is 22.2. The minimum Gasteiger partial charge on any atom is -0.343 e. The highest BCUT2D eigenvalue weighted by molar-refractivity contribution is 6.90. The van der Waals surface area contributed by atoms with Gasteiger partial charge in [-0.2, -0.15) is 0 Å². The number of nitrogens with zero attached hydrogens (tertiary/aromatic N) is 2. The fourth-order valence-electron chi connectivity index (χ4n) is 3.47. The van der Waals surface area contributed by atoms with Gasteiger partial charge in [-0.25, -0.2) is 0 Å². The summed E-state index contributed by atoms with van der Waals surface area (Å²) in [5.74, 6) is 0. The lowest BCUT2D eigenvalue weighted by Gasteiger charge is -2.44. The van der Waals surface area contributed by atoms with E-state index in [1.54, 1.807) is 0 Å². The van der Waals surface area contributed by atoms with Crippen molar-refractivity contribution in [2.24, 2.45) is 0 Å². The molecule has 0 unspecified atom stereocenters. The average Bonchev–Trinajstić information content (AvgIpc) is 2.14. The molecule has 2 nitrogen and oxygen atoms in total. The molecule has 0 radical (unpaired) electrons. The van der Waals surface area contributed by atoms with Crippen LogP contribution in [0.4, 0.5) is 0 Å². The third-order valence-corrected chi connectivity index (χ3v) is 19.2. The highest BCUT2D eigenvalue weighted by Gasteiger charge is 2.34. The lowest BCUT2D eigenvalue weighted by molar-refractivity contribution is 0.668. The van der Waals surface area contributed by atoms with Gasteiger partial charge in [-0.3, -0.25) is 0 Å². The number of hydrogen-bond acceptors (Lipinski definition) is 2. The highest BCUT2D eigenvalue weighted by Crippen LogP contribution is 2.21. The van der Waals surface area contributed by atoms with E-state index in [0.29, 0.717) is 0 Å². The summed E-state index contributed by atoms with van der Waals surface area (Å²) in [6.45, 7) is 32.1. The fraction of sp³-hybridized carbons (Fsp3) is 0.875. The maximum atomic E-state index is 2.85. The van der Waals surface area contributed by atoms with Gasteiger partial charge in [-0.15, -0.1) is 0 Å². The van der Waals surface area contributed by atoms with Gasteiger partial charge >= 0.3 is 0 Å². The summed E-state index contributed by atoms with van der Waals surface area (Å²) in [7, 11) is -4.90. The predicted octanol–water partition coefficient (Wildman–Crippen LogP) is 5.49. The second kappa shape index (κ2) is 7.61. The normalized spacial score (nSPS) is 15.4. The first-order valence-electron chi connectivity index (χ1n) is 8.68. The largest absolute Gasteiger partial charge is 0.343 e. The summed E-state index contributed by atoms with van der Waals surface area (Å²) in [6, 6.07) is 0. The Bertz CT molecular complexity index is 304. The lowest BCUT2D eigenvalue weighted by atomic mass is 10.5. The van der Waals surface area contributed by atoms with Crippen LogP contribution >= 0.6 is 0 Å². The minimum atomic E-state index is -1.22. The van der Waals surface area contributed by atoms with Gasteiger partial charge in [-0.1, -0.05) is 90.7 Å². The molecule has 0 saturated carbocycles. The van der Waals surface area contributed by atoms with E-state index in [1.165, 1.54) is 0 Å². The summed E-state index contributed by atoms with van der Waals surface area (Å²) in [5.41, 5.74) is 0.